The maximum atomic E-state index is 12.3. The fourth-order valence-electron chi connectivity index (χ4n) is 1.25. The van der Waals surface area contributed by atoms with E-state index in [0.29, 0.717) is 5.56 Å². The van der Waals surface area contributed by atoms with Gasteiger partial charge in [0.2, 0.25) is 0 Å². The first-order valence-corrected chi connectivity index (χ1v) is 4.81. The maximum absolute atomic E-state index is 12.3. The number of alkyl halides is 3. The topological polar surface area (TPSA) is 20.3 Å². The summed E-state index contributed by atoms with van der Waals surface area (Å²) in [5.41, 5.74) is -0.188. The molecule has 0 N–H and O–H groups in total. The summed E-state index contributed by atoms with van der Waals surface area (Å²) in [5, 5.41) is 0. The highest BCUT2D eigenvalue weighted by Crippen LogP contribution is 2.29. The largest absolute Gasteiger partial charge is 0.416 e. The lowest BCUT2D eigenvalue weighted by Gasteiger charge is -2.13. The summed E-state index contributed by atoms with van der Waals surface area (Å²) in [5.74, 6) is -0.329. The number of hydrogen-bond donors (Lipinski definition) is 0. The summed E-state index contributed by atoms with van der Waals surface area (Å²) < 4.78 is 36.9. The fourth-order valence-corrected chi connectivity index (χ4v) is 1.25. The van der Waals surface area contributed by atoms with E-state index in [9.17, 15) is 18.0 Å². The molecule has 0 atom stereocenters. The van der Waals surface area contributed by atoms with Gasteiger partial charge in [-0.25, -0.2) is 0 Å². The van der Waals surface area contributed by atoms with E-state index in [-0.39, 0.29) is 11.5 Å². The molecule has 1 amide bonds. The number of likely N-dealkylation sites (N-methyl/N-ethyl adjacent to an activating group) is 1. The first-order valence-electron chi connectivity index (χ1n) is 4.81. The smallest absolute Gasteiger partial charge is 0.345 e. The molecule has 0 unspecified atom stereocenters. The fraction of sp³-hybridized carbons (Fsp3) is 0.250. The lowest BCUT2D eigenvalue weighted by molar-refractivity contribution is -0.137. The van der Waals surface area contributed by atoms with Gasteiger partial charge in [0.1, 0.15) is 0 Å². The van der Waals surface area contributed by atoms with E-state index < -0.39 is 11.7 Å². The van der Waals surface area contributed by atoms with Gasteiger partial charge in [-0.2, -0.15) is 13.2 Å². The molecule has 0 aliphatic carbocycles. The maximum Gasteiger partial charge on any atom is 0.416 e. The van der Waals surface area contributed by atoms with Crippen molar-refractivity contribution in [3.63, 3.8) is 0 Å². The molecule has 0 radical (unpaired) electrons. The highest BCUT2D eigenvalue weighted by Gasteiger charge is 2.30. The Balaban J connectivity index is 2.96. The van der Waals surface area contributed by atoms with Gasteiger partial charge in [0.15, 0.2) is 0 Å². The molecule has 5 heteroatoms. The zero-order valence-corrected chi connectivity index (χ0v) is 9.51. The Labute approximate surface area is 97.3 Å². The molecule has 0 aromatic heterocycles. The van der Waals surface area contributed by atoms with Crippen molar-refractivity contribution in [2.45, 2.75) is 6.18 Å². The molecule has 2 nitrogen and oxygen atoms in total. The van der Waals surface area contributed by atoms with E-state index in [1.165, 1.54) is 17.0 Å². The van der Waals surface area contributed by atoms with Crippen LogP contribution in [0, 0.1) is 0 Å². The van der Waals surface area contributed by atoms with Gasteiger partial charge >= 0.3 is 6.18 Å². The Hall–Kier alpha value is -1.78. The highest BCUT2D eigenvalue weighted by atomic mass is 19.4. The van der Waals surface area contributed by atoms with Gasteiger partial charge in [-0.15, -0.1) is 0 Å². The van der Waals surface area contributed by atoms with Crippen LogP contribution in [0.1, 0.15) is 11.1 Å². The Bertz CT molecular complexity index is 432. The number of rotatable bonds is 2. The monoisotopic (exact) mass is 243 g/mol. The minimum absolute atomic E-state index is 0.170. The van der Waals surface area contributed by atoms with Crippen LogP contribution in [-0.4, -0.2) is 24.9 Å². The van der Waals surface area contributed by atoms with Crippen molar-refractivity contribution in [1.82, 2.24) is 4.90 Å². The Morgan fingerprint density at radius 2 is 1.65 bits per heavy atom. The van der Waals surface area contributed by atoms with Gasteiger partial charge in [-0.3, -0.25) is 4.79 Å². The van der Waals surface area contributed by atoms with Crippen molar-refractivity contribution < 1.29 is 18.0 Å². The Morgan fingerprint density at radius 1 is 1.18 bits per heavy atom. The van der Waals surface area contributed by atoms with Crippen LogP contribution >= 0.6 is 0 Å². The molecule has 0 saturated carbocycles. The second-order valence-corrected chi connectivity index (χ2v) is 3.75. The molecule has 0 heterocycles. The van der Waals surface area contributed by atoms with Crippen LogP contribution in [0.2, 0.25) is 0 Å². The summed E-state index contributed by atoms with van der Waals surface area (Å²) in [6, 6.07) is 4.35. The number of carbonyl (C=O) groups is 1. The van der Waals surface area contributed by atoms with Crippen LogP contribution in [-0.2, 0) is 11.0 Å². The van der Waals surface area contributed by atoms with Crippen molar-refractivity contribution >= 4 is 11.5 Å². The van der Waals surface area contributed by atoms with Crippen molar-refractivity contribution in [2.75, 3.05) is 14.1 Å². The quantitative estimate of drug-likeness (QED) is 0.731. The average molecular weight is 243 g/mol. The summed E-state index contributed by atoms with van der Waals surface area (Å²) in [6.45, 7) is 3.57. The van der Waals surface area contributed by atoms with Crippen LogP contribution in [0.3, 0.4) is 0 Å². The molecule has 0 saturated heterocycles. The Morgan fingerprint density at radius 3 is 2.00 bits per heavy atom. The molecule has 0 aliphatic heterocycles. The third kappa shape index (κ3) is 3.09. The lowest BCUT2D eigenvalue weighted by atomic mass is 10.0. The van der Waals surface area contributed by atoms with Gasteiger partial charge in [-0.05, 0) is 17.7 Å². The zero-order valence-electron chi connectivity index (χ0n) is 9.51. The molecule has 1 aromatic rings. The minimum atomic E-state index is -4.37. The SMILES string of the molecule is C=C(C(=O)N(C)C)c1ccc(C(F)(F)F)cc1. The van der Waals surface area contributed by atoms with Gasteiger partial charge in [0.25, 0.3) is 5.91 Å². The lowest BCUT2D eigenvalue weighted by Crippen LogP contribution is -2.22. The summed E-state index contributed by atoms with van der Waals surface area (Å²) in [7, 11) is 3.11. The first kappa shape index (κ1) is 13.3. The average Bonchev–Trinajstić information content (AvgIpc) is 2.26. The molecule has 0 bridgehead atoms. The molecule has 0 spiro atoms. The summed E-state index contributed by atoms with van der Waals surface area (Å²) >= 11 is 0. The number of amides is 1. The van der Waals surface area contributed by atoms with Crippen LogP contribution in [0.4, 0.5) is 13.2 Å². The second kappa shape index (κ2) is 4.61. The van der Waals surface area contributed by atoms with Crippen LogP contribution < -0.4 is 0 Å². The van der Waals surface area contributed by atoms with Crippen molar-refractivity contribution in [3.8, 4) is 0 Å². The van der Waals surface area contributed by atoms with E-state index >= 15 is 0 Å². The molecule has 1 aromatic carbocycles. The molecule has 1 rings (SSSR count). The number of benzene rings is 1. The highest BCUT2D eigenvalue weighted by molar-refractivity contribution is 6.18. The van der Waals surface area contributed by atoms with E-state index in [0.717, 1.165) is 12.1 Å². The third-order valence-corrected chi connectivity index (χ3v) is 2.23. The van der Waals surface area contributed by atoms with Crippen molar-refractivity contribution in [3.05, 3.63) is 42.0 Å². The van der Waals surface area contributed by atoms with Crippen LogP contribution in [0.25, 0.3) is 5.57 Å². The van der Waals surface area contributed by atoms with Gasteiger partial charge in [0.05, 0.1) is 5.56 Å². The molecule has 92 valence electrons. The molecule has 0 aliphatic rings. The van der Waals surface area contributed by atoms with Crippen LogP contribution in [0.5, 0.6) is 0 Å². The molecular weight excluding hydrogens is 231 g/mol. The van der Waals surface area contributed by atoms with Crippen LogP contribution in [0.15, 0.2) is 30.8 Å². The Kier molecular flexibility index (Phi) is 3.60. The predicted octanol–water partition coefficient (Wildman–Crippen LogP) is 2.81. The van der Waals surface area contributed by atoms with Gasteiger partial charge in [0, 0.05) is 19.7 Å². The first-order chi connectivity index (χ1) is 7.73. The number of halogens is 3. The zero-order chi connectivity index (χ0) is 13.2. The van der Waals surface area contributed by atoms with E-state index in [4.69, 9.17) is 0 Å². The molecular formula is C12H12F3NO. The number of hydrogen-bond acceptors (Lipinski definition) is 1. The summed E-state index contributed by atoms with van der Waals surface area (Å²) in [4.78, 5) is 12.8. The molecule has 0 fully saturated rings. The van der Waals surface area contributed by atoms with E-state index in [2.05, 4.69) is 6.58 Å². The van der Waals surface area contributed by atoms with E-state index in [1.54, 1.807) is 14.1 Å². The standard InChI is InChI=1S/C12H12F3NO/c1-8(11(17)16(2)3)9-4-6-10(7-5-9)12(13,14)15/h4-7H,1H2,2-3H3. The minimum Gasteiger partial charge on any atom is -0.345 e. The third-order valence-electron chi connectivity index (χ3n) is 2.23. The number of nitrogens with zero attached hydrogens (tertiary/aromatic N) is 1. The van der Waals surface area contributed by atoms with Gasteiger partial charge in [-0.1, -0.05) is 18.7 Å². The normalized spacial score (nSPS) is 11.1. The van der Waals surface area contributed by atoms with E-state index in [1.807, 2.05) is 0 Å². The van der Waals surface area contributed by atoms with Crippen molar-refractivity contribution in [1.29, 1.82) is 0 Å². The molecule has 17 heavy (non-hydrogen) atoms. The second-order valence-electron chi connectivity index (χ2n) is 3.75. The summed E-state index contributed by atoms with van der Waals surface area (Å²) in [6.07, 6.45) is -4.37. The number of carbonyl (C=O) groups excluding carboxylic acids is 1. The van der Waals surface area contributed by atoms with Crippen molar-refractivity contribution in [2.24, 2.45) is 0 Å². The van der Waals surface area contributed by atoms with Gasteiger partial charge < -0.3 is 4.90 Å². The predicted molar refractivity (Wildman–Crippen MR) is 59.2 cm³/mol.